The third-order valence-corrected chi connectivity index (χ3v) is 7.93. The van der Waals surface area contributed by atoms with Crippen LogP contribution in [0.25, 0.3) is 0 Å². The fraction of sp³-hybridized carbons (Fsp3) is 0.586. The molecule has 12 nitrogen and oxygen atoms in total. The van der Waals surface area contributed by atoms with Crippen LogP contribution in [0.2, 0.25) is 0 Å². The number of amides is 5. The van der Waals surface area contributed by atoms with E-state index in [-0.39, 0.29) is 36.1 Å². The lowest BCUT2D eigenvalue weighted by molar-refractivity contribution is 0.0366. The summed E-state index contributed by atoms with van der Waals surface area (Å²) in [4.78, 5) is 42.6. The van der Waals surface area contributed by atoms with Gasteiger partial charge in [-0.05, 0) is 51.8 Å². The van der Waals surface area contributed by atoms with Crippen molar-refractivity contribution in [2.45, 2.75) is 78.0 Å². The molecule has 4 rings (SSSR count). The summed E-state index contributed by atoms with van der Waals surface area (Å²) >= 11 is 0. The molecule has 1 aliphatic carbocycles. The zero-order chi connectivity index (χ0) is 29.7. The van der Waals surface area contributed by atoms with Gasteiger partial charge in [-0.15, -0.1) is 0 Å². The molecule has 5 amide bonds. The van der Waals surface area contributed by atoms with Crippen LogP contribution in [-0.4, -0.2) is 83.0 Å². The van der Waals surface area contributed by atoms with Gasteiger partial charge in [-0.2, -0.15) is 0 Å². The van der Waals surface area contributed by atoms with Crippen LogP contribution in [0.4, 0.5) is 21.0 Å². The number of likely N-dealkylation sites (N-methyl/N-ethyl adjacent to an activating group) is 1. The summed E-state index contributed by atoms with van der Waals surface area (Å²) in [6, 6.07) is 3.95. The summed E-state index contributed by atoms with van der Waals surface area (Å²) in [5.41, 5.74) is 1.66. The summed E-state index contributed by atoms with van der Waals surface area (Å²) in [6.07, 6.45) is 5.02. The molecule has 12 heteroatoms. The number of rotatable bonds is 7. The van der Waals surface area contributed by atoms with E-state index in [1.807, 2.05) is 6.92 Å². The Hall–Kier alpha value is -3.80. The normalized spacial score (nSPS) is 20.2. The molecule has 0 unspecified atom stereocenters. The number of nitrogens with one attached hydrogen (secondary N) is 3. The summed E-state index contributed by atoms with van der Waals surface area (Å²) in [7, 11) is 1.75. The average Bonchev–Trinajstić information content (AvgIpc) is 3.27. The first-order valence-corrected chi connectivity index (χ1v) is 14.3. The van der Waals surface area contributed by atoms with Gasteiger partial charge < -0.3 is 40.1 Å². The first-order chi connectivity index (χ1) is 19.6. The average molecular weight is 571 g/mol. The Labute approximate surface area is 240 Å². The van der Waals surface area contributed by atoms with Crippen LogP contribution in [0, 0.1) is 19.8 Å². The van der Waals surface area contributed by atoms with Crippen LogP contribution in [0.15, 0.2) is 22.7 Å². The minimum Gasteiger partial charge on any atom is -0.487 e. The van der Waals surface area contributed by atoms with E-state index in [9.17, 15) is 19.5 Å². The molecule has 0 bridgehead atoms. The minimum absolute atomic E-state index is 0.135. The first-order valence-electron chi connectivity index (χ1n) is 14.3. The van der Waals surface area contributed by atoms with Gasteiger partial charge in [-0.3, -0.25) is 4.79 Å². The van der Waals surface area contributed by atoms with Crippen molar-refractivity contribution in [3.63, 3.8) is 0 Å². The zero-order valence-corrected chi connectivity index (χ0v) is 24.5. The van der Waals surface area contributed by atoms with Gasteiger partial charge in [0.2, 0.25) is 0 Å². The van der Waals surface area contributed by atoms with Crippen molar-refractivity contribution in [2.75, 3.05) is 37.4 Å². The van der Waals surface area contributed by atoms with Gasteiger partial charge in [0.15, 0.2) is 5.76 Å². The number of benzene rings is 1. The molecule has 0 saturated heterocycles. The van der Waals surface area contributed by atoms with Gasteiger partial charge in [-0.25, -0.2) is 9.59 Å². The molecule has 3 atom stereocenters. The second-order valence-corrected chi connectivity index (χ2v) is 11.3. The monoisotopic (exact) mass is 570 g/mol. The highest BCUT2D eigenvalue weighted by atomic mass is 16.5. The zero-order valence-electron chi connectivity index (χ0n) is 24.5. The maximum Gasteiger partial charge on any atom is 0.323 e. The molecule has 1 saturated carbocycles. The van der Waals surface area contributed by atoms with Gasteiger partial charge in [0.1, 0.15) is 23.2 Å². The second-order valence-electron chi connectivity index (χ2n) is 11.3. The summed E-state index contributed by atoms with van der Waals surface area (Å²) < 4.78 is 11.5. The van der Waals surface area contributed by atoms with Crippen molar-refractivity contribution in [2.24, 2.45) is 5.92 Å². The first kappa shape index (κ1) is 30.2. The van der Waals surface area contributed by atoms with E-state index in [1.165, 1.54) is 6.42 Å². The van der Waals surface area contributed by atoms with Crippen LogP contribution in [-0.2, 0) is 0 Å². The van der Waals surface area contributed by atoms with E-state index >= 15 is 0 Å². The molecule has 41 heavy (non-hydrogen) atoms. The number of carbonyl (C=O) groups excluding carboxylic acids is 3. The predicted octanol–water partition coefficient (Wildman–Crippen LogP) is 4.13. The van der Waals surface area contributed by atoms with E-state index in [2.05, 4.69) is 21.1 Å². The van der Waals surface area contributed by atoms with Gasteiger partial charge in [0, 0.05) is 31.2 Å². The molecule has 224 valence electrons. The topological polar surface area (TPSA) is 149 Å². The highest BCUT2D eigenvalue weighted by Gasteiger charge is 2.34. The number of hydrogen-bond donors (Lipinski definition) is 4. The Morgan fingerprint density at radius 1 is 1.20 bits per heavy atom. The Balaban J connectivity index is 1.54. The third-order valence-electron chi connectivity index (χ3n) is 7.93. The molecule has 1 aromatic carbocycles. The maximum absolute atomic E-state index is 13.7. The summed E-state index contributed by atoms with van der Waals surface area (Å²) in [5, 5.41) is 22.4. The fourth-order valence-corrected chi connectivity index (χ4v) is 5.34. The molecule has 4 N–H and O–H groups in total. The van der Waals surface area contributed by atoms with Crippen molar-refractivity contribution in [3.05, 3.63) is 35.2 Å². The molecule has 0 radical (unpaired) electrons. The van der Waals surface area contributed by atoms with Crippen LogP contribution in [0.5, 0.6) is 5.75 Å². The van der Waals surface area contributed by atoms with E-state index in [1.54, 1.807) is 55.8 Å². The number of fused-ring (bicyclic) bond motifs is 1. The standard InChI is InChI=1S/C29H42N6O6/c1-17-14-35(18(2)16-36)27(37)23-13-22(30-28(38)32-26-19(3)33-41-20(26)4)11-12-24(23)40-25(17)15-34(5)29(39)31-21-9-7-6-8-10-21/h11-13,17-18,21,25,36H,6-10,14-16H2,1-5H3,(H,31,39)(H2,30,32,38)/t17-,18-,25-/m0/s1. The molecule has 2 aromatic rings. The van der Waals surface area contributed by atoms with Crippen LogP contribution >= 0.6 is 0 Å². The smallest absolute Gasteiger partial charge is 0.323 e. The summed E-state index contributed by atoms with van der Waals surface area (Å²) in [6.45, 7) is 7.61. The Bertz CT molecular complexity index is 1220. The lowest BCUT2D eigenvalue weighted by Crippen LogP contribution is -2.52. The van der Waals surface area contributed by atoms with E-state index in [0.717, 1.165) is 25.7 Å². The number of carbonyl (C=O) groups is 3. The van der Waals surface area contributed by atoms with Crippen molar-refractivity contribution in [1.29, 1.82) is 0 Å². The number of urea groups is 2. The third kappa shape index (κ3) is 7.29. The molecule has 1 fully saturated rings. The Morgan fingerprint density at radius 3 is 2.59 bits per heavy atom. The number of ether oxygens (including phenoxy) is 1. The molecule has 0 spiro atoms. The molecule has 2 aliphatic rings. The van der Waals surface area contributed by atoms with Crippen LogP contribution in [0.1, 0.15) is 67.8 Å². The molecule has 1 aromatic heterocycles. The Kier molecular flexibility index (Phi) is 9.74. The Morgan fingerprint density at radius 2 is 1.93 bits per heavy atom. The van der Waals surface area contributed by atoms with Crippen molar-refractivity contribution >= 4 is 29.3 Å². The number of anilines is 2. The lowest BCUT2D eigenvalue weighted by atomic mass is 9.96. The van der Waals surface area contributed by atoms with Gasteiger partial charge >= 0.3 is 12.1 Å². The number of nitrogens with zero attached hydrogens (tertiary/aromatic N) is 3. The molecule has 2 heterocycles. The van der Waals surface area contributed by atoms with Crippen molar-refractivity contribution in [1.82, 2.24) is 20.3 Å². The van der Waals surface area contributed by atoms with E-state index < -0.39 is 18.2 Å². The number of aromatic nitrogens is 1. The lowest BCUT2D eigenvalue weighted by Gasteiger charge is -2.38. The van der Waals surface area contributed by atoms with Crippen LogP contribution < -0.4 is 20.7 Å². The number of hydrogen-bond acceptors (Lipinski definition) is 7. The number of aliphatic hydroxyl groups is 1. The number of aryl methyl sites for hydroxylation is 2. The highest BCUT2D eigenvalue weighted by Crippen LogP contribution is 2.31. The number of aliphatic hydroxyl groups excluding tert-OH is 1. The largest absolute Gasteiger partial charge is 0.487 e. The van der Waals surface area contributed by atoms with E-state index in [0.29, 0.717) is 41.7 Å². The quantitative estimate of drug-likeness (QED) is 0.391. The van der Waals surface area contributed by atoms with E-state index in [4.69, 9.17) is 9.26 Å². The van der Waals surface area contributed by atoms with Crippen LogP contribution in [0.3, 0.4) is 0 Å². The maximum atomic E-state index is 13.7. The second kappa shape index (κ2) is 13.2. The predicted molar refractivity (Wildman–Crippen MR) is 154 cm³/mol. The molecular weight excluding hydrogens is 528 g/mol. The van der Waals surface area contributed by atoms with Crippen molar-refractivity contribution < 1.29 is 28.8 Å². The highest BCUT2D eigenvalue weighted by molar-refractivity contribution is 6.03. The van der Waals surface area contributed by atoms with Gasteiger partial charge in [0.05, 0.1) is 24.8 Å². The minimum atomic E-state index is -0.517. The van der Waals surface area contributed by atoms with Gasteiger partial charge in [-0.1, -0.05) is 31.3 Å². The van der Waals surface area contributed by atoms with Crippen molar-refractivity contribution in [3.8, 4) is 5.75 Å². The summed E-state index contributed by atoms with van der Waals surface area (Å²) in [5.74, 6) is 0.375. The van der Waals surface area contributed by atoms with Gasteiger partial charge in [0.25, 0.3) is 5.91 Å². The fourth-order valence-electron chi connectivity index (χ4n) is 5.34. The SMILES string of the molecule is Cc1noc(C)c1NC(=O)Nc1ccc2c(c1)C(=O)N([C@@H](C)CO)C[C@H](C)[C@H](CN(C)C(=O)NC1CCCCC1)O2. The molecule has 1 aliphatic heterocycles. The molecular formula is C29H42N6O6.